The number of carbonyl (C=O) groups is 4. The van der Waals surface area contributed by atoms with Gasteiger partial charge in [-0.25, -0.2) is 4.79 Å². The van der Waals surface area contributed by atoms with Crippen LogP contribution in [-0.2, 0) is 19.1 Å². The fourth-order valence-corrected chi connectivity index (χ4v) is 4.34. The second-order valence-corrected chi connectivity index (χ2v) is 8.29. The zero-order valence-corrected chi connectivity index (χ0v) is 17.7. The Morgan fingerprint density at radius 3 is 2.57 bits per heavy atom. The number of benzene rings is 1. The fourth-order valence-electron chi connectivity index (χ4n) is 4.34. The van der Waals surface area contributed by atoms with Crippen LogP contribution in [0.25, 0.3) is 0 Å². The largest absolute Gasteiger partial charge is 0.454 e. The van der Waals surface area contributed by atoms with Crippen molar-refractivity contribution in [2.45, 2.75) is 58.0 Å². The molecule has 2 fully saturated rings. The van der Waals surface area contributed by atoms with E-state index in [1.807, 2.05) is 39.0 Å². The minimum absolute atomic E-state index is 0.00997. The Hall–Kier alpha value is -2.90. The summed E-state index contributed by atoms with van der Waals surface area (Å²) in [5.74, 6) is -1.53. The summed E-state index contributed by atoms with van der Waals surface area (Å²) >= 11 is 0. The van der Waals surface area contributed by atoms with Gasteiger partial charge < -0.3 is 15.0 Å². The van der Waals surface area contributed by atoms with Crippen LogP contribution in [0.3, 0.4) is 0 Å². The number of carbonyl (C=O) groups excluding carboxylic acids is 4. The molecule has 162 valence electrons. The summed E-state index contributed by atoms with van der Waals surface area (Å²) in [6.07, 6.45) is 3.30. The lowest BCUT2D eigenvalue weighted by atomic mass is 9.73. The summed E-state index contributed by atoms with van der Waals surface area (Å²) in [4.78, 5) is 52.7. The summed E-state index contributed by atoms with van der Waals surface area (Å²) in [7, 11) is 0. The molecular weight excluding hydrogens is 386 g/mol. The van der Waals surface area contributed by atoms with Gasteiger partial charge in [0.05, 0.1) is 0 Å². The number of imide groups is 1. The first-order valence-corrected chi connectivity index (χ1v) is 10.4. The Balaban J connectivity index is 1.60. The predicted octanol–water partition coefficient (Wildman–Crippen LogP) is 2.47. The third kappa shape index (κ3) is 4.17. The van der Waals surface area contributed by atoms with Gasteiger partial charge in [-0.3, -0.25) is 19.3 Å². The minimum Gasteiger partial charge on any atom is -0.454 e. The van der Waals surface area contributed by atoms with E-state index in [4.69, 9.17) is 4.74 Å². The fraction of sp³-hybridized carbons (Fsp3) is 0.545. The third-order valence-corrected chi connectivity index (χ3v) is 5.96. The van der Waals surface area contributed by atoms with Gasteiger partial charge in [0.25, 0.3) is 11.8 Å². The standard InChI is InChI=1S/C22H29N3O5/c1-15(2)25(17-10-5-4-6-11-17)18(26)14-30-19(27)13-24-20(28)22(23-21(24)29)12-8-7-9-16(22)3/h4-6,10-11,15-16H,7-9,12-14H2,1-3H3,(H,23,29)/t16-,22+/m0/s1. The first kappa shape index (κ1) is 21.8. The maximum Gasteiger partial charge on any atom is 0.326 e. The topological polar surface area (TPSA) is 96.0 Å². The predicted molar refractivity (Wildman–Crippen MR) is 111 cm³/mol. The van der Waals surface area contributed by atoms with Gasteiger partial charge in [0.1, 0.15) is 12.1 Å². The number of amides is 4. The molecule has 3 rings (SSSR count). The zero-order valence-electron chi connectivity index (χ0n) is 17.7. The minimum atomic E-state index is -0.923. The Kier molecular flexibility index (Phi) is 6.43. The zero-order chi connectivity index (χ0) is 21.9. The molecule has 1 aliphatic carbocycles. The molecule has 0 bridgehead atoms. The molecule has 1 aliphatic heterocycles. The molecule has 1 heterocycles. The molecule has 4 amide bonds. The molecular formula is C22H29N3O5. The molecule has 0 unspecified atom stereocenters. The van der Waals surface area contributed by atoms with Crippen LogP contribution < -0.4 is 10.2 Å². The second-order valence-electron chi connectivity index (χ2n) is 8.29. The van der Waals surface area contributed by atoms with E-state index >= 15 is 0 Å². The highest BCUT2D eigenvalue weighted by atomic mass is 16.5. The van der Waals surface area contributed by atoms with Crippen molar-refractivity contribution in [1.29, 1.82) is 0 Å². The van der Waals surface area contributed by atoms with Crippen LogP contribution in [0.15, 0.2) is 30.3 Å². The number of para-hydroxylation sites is 1. The van der Waals surface area contributed by atoms with Crippen molar-refractivity contribution < 1.29 is 23.9 Å². The van der Waals surface area contributed by atoms with Gasteiger partial charge >= 0.3 is 12.0 Å². The number of hydrogen-bond donors (Lipinski definition) is 1. The number of hydrogen-bond acceptors (Lipinski definition) is 5. The molecule has 1 spiro atoms. The molecule has 1 N–H and O–H groups in total. The van der Waals surface area contributed by atoms with Gasteiger partial charge in [-0.1, -0.05) is 38.0 Å². The van der Waals surface area contributed by atoms with Crippen molar-refractivity contribution in [2.75, 3.05) is 18.1 Å². The lowest BCUT2D eigenvalue weighted by Crippen LogP contribution is -2.54. The van der Waals surface area contributed by atoms with Crippen LogP contribution in [0.1, 0.15) is 46.5 Å². The number of rotatable bonds is 6. The summed E-state index contributed by atoms with van der Waals surface area (Å²) in [6, 6.07) is 8.40. The molecule has 8 heteroatoms. The van der Waals surface area contributed by atoms with Crippen LogP contribution >= 0.6 is 0 Å². The van der Waals surface area contributed by atoms with Crippen molar-refractivity contribution in [1.82, 2.24) is 10.2 Å². The summed E-state index contributed by atoms with van der Waals surface area (Å²) in [6.45, 7) is 4.72. The molecule has 1 saturated heterocycles. The number of esters is 1. The third-order valence-electron chi connectivity index (χ3n) is 5.96. The quantitative estimate of drug-likeness (QED) is 0.569. The van der Waals surface area contributed by atoms with Crippen LogP contribution in [-0.4, -0.2) is 53.4 Å². The smallest absolute Gasteiger partial charge is 0.326 e. The van der Waals surface area contributed by atoms with E-state index < -0.39 is 30.7 Å². The van der Waals surface area contributed by atoms with Crippen molar-refractivity contribution in [3.8, 4) is 0 Å². The number of nitrogens with zero attached hydrogens (tertiary/aromatic N) is 2. The molecule has 1 aromatic carbocycles. The Morgan fingerprint density at radius 1 is 1.23 bits per heavy atom. The summed E-state index contributed by atoms with van der Waals surface area (Å²) in [5, 5.41) is 2.80. The van der Waals surface area contributed by atoms with Crippen LogP contribution in [0.5, 0.6) is 0 Å². The molecule has 2 atom stereocenters. The van der Waals surface area contributed by atoms with E-state index in [1.54, 1.807) is 17.0 Å². The molecule has 1 saturated carbocycles. The summed E-state index contributed by atoms with van der Waals surface area (Å²) in [5.41, 5.74) is -0.219. The van der Waals surface area contributed by atoms with E-state index in [0.29, 0.717) is 12.1 Å². The SMILES string of the molecule is CC(C)N(C(=O)COC(=O)CN1C(=O)N[C@@]2(CCCC[C@@H]2C)C1=O)c1ccccc1. The monoisotopic (exact) mass is 415 g/mol. The normalized spacial score (nSPS) is 23.6. The van der Waals surface area contributed by atoms with E-state index in [1.165, 1.54) is 0 Å². The average molecular weight is 415 g/mol. The molecule has 1 aromatic rings. The van der Waals surface area contributed by atoms with Gasteiger partial charge in [-0.15, -0.1) is 0 Å². The molecule has 0 aromatic heterocycles. The molecule has 30 heavy (non-hydrogen) atoms. The van der Waals surface area contributed by atoms with E-state index in [9.17, 15) is 19.2 Å². The number of nitrogens with one attached hydrogen (secondary N) is 1. The van der Waals surface area contributed by atoms with Crippen molar-refractivity contribution >= 4 is 29.5 Å². The number of ether oxygens (including phenoxy) is 1. The Labute approximate surface area is 176 Å². The molecule has 2 aliphatic rings. The lowest BCUT2D eigenvalue weighted by Gasteiger charge is -2.36. The van der Waals surface area contributed by atoms with Gasteiger partial charge in [0, 0.05) is 11.7 Å². The van der Waals surface area contributed by atoms with Crippen LogP contribution in [0.2, 0.25) is 0 Å². The summed E-state index contributed by atoms with van der Waals surface area (Å²) < 4.78 is 5.11. The maximum atomic E-state index is 12.9. The van der Waals surface area contributed by atoms with Crippen molar-refractivity contribution in [3.63, 3.8) is 0 Å². The van der Waals surface area contributed by atoms with Crippen LogP contribution in [0, 0.1) is 5.92 Å². The highest BCUT2D eigenvalue weighted by Gasteiger charge is 2.55. The number of urea groups is 1. The Bertz CT molecular complexity index is 825. The highest BCUT2D eigenvalue weighted by Crippen LogP contribution is 2.38. The van der Waals surface area contributed by atoms with Crippen molar-refractivity contribution in [3.05, 3.63) is 30.3 Å². The first-order chi connectivity index (χ1) is 14.3. The van der Waals surface area contributed by atoms with Gasteiger partial charge in [-0.2, -0.15) is 0 Å². The highest BCUT2D eigenvalue weighted by molar-refractivity contribution is 6.09. The number of anilines is 1. The average Bonchev–Trinajstić information content (AvgIpc) is 2.94. The lowest BCUT2D eigenvalue weighted by molar-refractivity contribution is -0.151. The van der Waals surface area contributed by atoms with E-state index in [0.717, 1.165) is 24.2 Å². The Morgan fingerprint density at radius 2 is 1.93 bits per heavy atom. The maximum absolute atomic E-state index is 12.9. The van der Waals surface area contributed by atoms with Crippen molar-refractivity contribution in [2.24, 2.45) is 5.92 Å². The second kappa shape index (κ2) is 8.85. The van der Waals surface area contributed by atoms with Crippen LogP contribution in [0.4, 0.5) is 10.5 Å². The van der Waals surface area contributed by atoms with Gasteiger partial charge in [-0.05, 0) is 44.7 Å². The van der Waals surface area contributed by atoms with Gasteiger partial charge in [0.2, 0.25) is 0 Å². The van der Waals surface area contributed by atoms with E-state index in [2.05, 4.69) is 5.32 Å². The molecule has 8 nitrogen and oxygen atoms in total. The van der Waals surface area contributed by atoms with Gasteiger partial charge in [0.15, 0.2) is 6.61 Å². The van der Waals surface area contributed by atoms with E-state index in [-0.39, 0.29) is 23.8 Å². The first-order valence-electron chi connectivity index (χ1n) is 10.4. The molecule has 0 radical (unpaired) electrons.